The van der Waals surface area contributed by atoms with Crippen molar-refractivity contribution in [2.45, 2.75) is 89.1 Å². The summed E-state index contributed by atoms with van der Waals surface area (Å²) in [6.07, 6.45) is 5.21. The monoisotopic (exact) mass is 462 g/mol. The second-order valence-electron chi connectivity index (χ2n) is 12.0. The molecule has 7 heteroatoms. The van der Waals surface area contributed by atoms with Crippen LogP contribution in [0.25, 0.3) is 0 Å². The molecule has 4 rings (SSSR count). The summed E-state index contributed by atoms with van der Waals surface area (Å²) in [7, 11) is -0.577. The summed E-state index contributed by atoms with van der Waals surface area (Å²) >= 11 is 0. The van der Waals surface area contributed by atoms with E-state index in [0.29, 0.717) is 24.3 Å². The third-order valence-corrected chi connectivity index (χ3v) is 14.1. The van der Waals surface area contributed by atoms with E-state index in [1.54, 1.807) is 0 Å². The normalized spacial score (nSPS) is 40.6. The molecule has 3 aliphatic carbocycles. The van der Waals surface area contributed by atoms with E-state index in [1.807, 2.05) is 0 Å². The average Bonchev–Trinajstić information content (AvgIpc) is 3.21. The number of hydrogen-bond donors (Lipinski definition) is 0. The van der Waals surface area contributed by atoms with E-state index in [2.05, 4.69) is 40.4 Å². The number of hydrogen-bond acceptors (Lipinski definition) is 6. The molecule has 3 saturated carbocycles. The van der Waals surface area contributed by atoms with Crippen molar-refractivity contribution in [3.05, 3.63) is 12.2 Å². The lowest BCUT2D eigenvalue weighted by Crippen LogP contribution is -2.45. The van der Waals surface area contributed by atoms with Gasteiger partial charge in [-0.3, -0.25) is 4.79 Å². The van der Waals surface area contributed by atoms with Crippen molar-refractivity contribution in [3.63, 3.8) is 0 Å². The maximum absolute atomic E-state index is 13.3. The van der Waals surface area contributed by atoms with Gasteiger partial charge in [0, 0.05) is 29.9 Å². The first-order valence-electron chi connectivity index (χ1n) is 12.0. The van der Waals surface area contributed by atoms with E-state index in [9.17, 15) is 14.4 Å². The quantitative estimate of drug-likeness (QED) is 0.251. The van der Waals surface area contributed by atoms with E-state index < -0.39 is 31.7 Å². The molecular weight excluding hydrogens is 424 g/mol. The first-order valence-corrected chi connectivity index (χ1v) is 14.9. The van der Waals surface area contributed by atoms with Gasteiger partial charge >= 0.3 is 11.9 Å². The van der Waals surface area contributed by atoms with Crippen LogP contribution in [0.2, 0.25) is 18.1 Å². The predicted molar refractivity (Wildman–Crippen MR) is 122 cm³/mol. The Bertz CT molecular complexity index is 844. The molecule has 2 bridgehead atoms. The standard InChI is InChI=1S/C25H38O6Si/c1-15-19-20(22(28)29-5)24-13-16(17(14-24)31-32(6,7)23(2,3)4)9-10-18(24)25(19,11-8-12-26)30-21(15)27/h12,16-20H,1,8-11,13-14H2,2-7H3/t16-,17+,18-,19+,20-,24-,25-/m1/s1. The minimum absolute atomic E-state index is 0.0107. The molecule has 1 aliphatic heterocycles. The molecule has 6 nitrogen and oxygen atoms in total. The largest absolute Gasteiger partial charge is 0.469 e. The number of carbonyl (C=O) groups excluding carboxylic acids is 3. The number of ether oxygens (including phenoxy) is 2. The lowest BCUT2D eigenvalue weighted by Gasteiger charge is -2.43. The van der Waals surface area contributed by atoms with Crippen LogP contribution in [0, 0.1) is 29.1 Å². The molecule has 4 fully saturated rings. The molecule has 0 aromatic heterocycles. The number of aldehydes is 1. The van der Waals surface area contributed by atoms with Gasteiger partial charge in [-0.25, -0.2) is 4.79 Å². The highest BCUT2D eigenvalue weighted by Gasteiger charge is 2.77. The molecule has 7 atom stereocenters. The van der Waals surface area contributed by atoms with Gasteiger partial charge in [0.05, 0.1) is 13.0 Å². The SMILES string of the molecule is C=C1C(=O)O[C@]2(CCC=O)[C@@H]3CC[C@@H]4C[C@]3(C[C@@H]4O[Si](C)(C)C(C)(C)C)[C@@H](C(=O)OC)[C@H]12. The molecule has 4 aliphatic rings. The van der Waals surface area contributed by atoms with Crippen LogP contribution in [-0.4, -0.2) is 45.4 Å². The fourth-order valence-electron chi connectivity index (χ4n) is 7.37. The van der Waals surface area contributed by atoms with Crippen molar-refractivity contribution in [2.24, 2.45) is 29.1 Å². The minimum Gasteiger partial charge on any atom is -0.469 e. The highest BCUT2D eigenvalue weighted by molar-refractivity contribution is 6.74. The van der Waals surface area contributed by atoms with Gasteiger partial charge in [-0.1, -0.05) is 27.4 Å². The molecule has 1 heterocycles. The predicted octanol–water partition coefficient (Wildman–Crippen LogP) is 4.43. The Morgan fingerprint density at radius 2 is 1.97 bits per heavy atom. The molecule has 0 aromatic rings. The van der Waals surface area contributed by atoms with E-state index >= 15 is 0 Å². The molecule has 178 valence electrons. The zero-order valence-corrected chi connectivity index (χ0v) is 21.4. The van der Waals surface area contributed by atoms with Crippen LogP contribution in [0.5, 0.6) is 0 Å². The lowest BCUT2D eigenvalue weighted by atomic mass is 9.63. The Kier molecular flexibility index (Phi) is 5.56. The van der Waals surface area contributed by atoms with Gasteiger partial charge in [0.2, 0.25) is 0 Å². The summed E-state index contributed by atoms with van der Waals surface area (Å²) in [5.41, 5.74) is -0.828. The van der Waals surface area contributed by atoms with E-state index in [-0.39, 0.29) is 28.4 Å². The Morgan fingerprint density at radius 3 is 2.56 bits per heavy atom. The molecule has 0 unspecified atom stereocenters. The van der Waals surface area contributed by atoms with E-state index in [1.165, 1.54) is 7.11 Å². The lowest BCUT2D eigenvalue weighted by molar-refractivity contribution is -0.157. The Morgan fingerprint density at radius 1 is 1.28 bits per heavy atom. The number of carbonyl (C=O) groups is 3. The van der Waals surface area contributed by atoms with Crippen LogP contribution in [0.3, 0.4) is 0 Å². The Labute approximate surface area is 192 Å². The van der Waals surface area contributed by atoms with Crippen molar-refractivity contribution in [3.8, 4) is 0 Å². The summed E-state index contributed by atoms with van der Waals surface area (Å²) in [5, 5.41) is 0.101. The number of esters is 2. The van der Waals surface area contributed by atoms with Crippen LogP contribution in [0.15, 0.2) is 12.2 Å². The first kappa shape index (κ1) is 23.7. The smallest absolute Gasteiger partial charge is 0.334 e. The first-order chi connectivity index (χ1) is 14.8. The summed E-state index contributed by atoms with van der Waals surface area (Å²) < 4.78 is 18.3. The third-order valence-electron chi connectivity index (χ3n) is 9.62. The second kappa shape index (κ2) is 7.52. The van der Waals surface area contributed by atoms with Crippen molar-refractivity contribution < 1.29 is 28.3 Å². The van der Waals surface area contributed by atoms with Crippen LogP contribution < -0.4 is 0 Å². The van der Waals surface area contributed by atoms with Crippen LogP contribution in [0.1, 0.15) is 59.3 Å². The van der Waals surface area contributed by atoms with Crippen molar-refractivity contribution in [1.82, 2.24) is 0 Å². The van der Waals surface area contributed by atoms with E-state index in [0.717, 1.165) is 32.0 Å². The highest BCUT2D eigenvalue weighted by atomic mass is 28.4. The molecule has 0 aromatic carbocycles. The van der Waals surface area contributed by atoms with Crippen LogP contribution >= 0.6 is 0 Å². The van der Waals surface area contributed by atoms with Crippen molar-refractivity contribution in [2.75, 3.05) is 7.11 Å². The van der Waals surface area contributed by atoms with Crippen molar-refractivity contribution >= 4 is 26.5 Å². The zero-order chi connectivity index (χ0) is 23.7. The van der Waals surface area contributed by atoms with Gasteiger partial charge in [-0.2, -0.15) is 0 Å². The average molecular weight is 463 g/mol. The maximum atomic E-state index is 13.3. The summed E-state index contributed by atoms with van der Waals surface area (Å²) in [6, 6.07) is 0. The van der Waals surface area contributed by atoms with Gasteiger partial charge in [-0.15, -0.1) is 0 Å². The number of methoxy groups -OCH3 is 1. The van der Waals surface area contributed by atoms with Gasteiger partial charge in [0.15, 0.2) is 8.32 Å². The molecule has 0 radical (unpaired) electrons. The maximum Gasteiger partial charge on any atom is 0.334 e. The second-order valence-corrected chi connectivity index (χ2v) is 16.8. The highest BCUT2D eigenvalue weighted by Crippen LogP contribution is 2.74. The fourth-order valence-corrected chi connectivity index (χ4v) is 8.76. The van der Waals surface area contributed by atoms with Gasteiger partial charge < -0.3 is 18.7 Å². The zero-order valence-electron chi connectivity index (χ0n) is 20.4. The topological polar surface area (TPSA) is 78.9 Å². The van der Waals surface area contributed by atoms with Crippen LogP contribution in [0.4, 0.5) is 0 Å². The Hall–Kier alpha value is -1.47. The molecule has 32 heavy (non-hydrogen) atoms. The fraction of sp³-hybridized carbons (Fsp3) is 0.800. The van der Waals surface area contributed by atoms with E-state index in [4.69, 9.17) is 13.9 Å². The Balaban J connectivity index is 1.77. The third kappa shape index (κ3) is 3.10. The summed E-state index contributed by atoms with van der Waals surface area (Å²) in [6.45, 7) is 15.3. The molecule has 0 N–H and O–H groups in total. The summed E-state index contributed by atoms with van der Waals surface area (Å²) in [4.78, 5) is 37.3. The molecule has 1 spiro atoms. The van der Waals surface area contributed by atoms with Gasteiger partial charge in [0.25, 0.3) is 0 Å². The molecular formula is C25H38O6Si. The number of fused-ring (bicyclic) bond motifs is 3. The van der Waals surface area contributed by atoms with Crippen molar-refractivity contribution in [1.29, 1.82) is 0 Å². The summed E-state index contributed by atoms with van der Waals surface area (Å²) in [5.74, 6) is -1.24. The molecule has 0 amide bonds. The number of rotatable bonds is 6. The molecule has 1 saturated heterocycles. The van der Waals surface area contributed by atoms with Crippen LogP contribution in [-0.2, 0) is 28.3 Å². The van der Waals surface area contributed by atoms with Gasteiger partial charge in [-0.05, 0) is 61.6 Å². The van der Waals surface area contributed by atoms with Gasteiger partial charge in [0.1, 0.15) is 11.9 Å². The minimum atomic E-state index is -1.99.